The number of carbonyl (C=O) groups excluding carboxylic acids is 1. The first-order valence-electron chi connectivity index (χ1n) is 9.46. The van der Waals surface area contributed by atoms with Crippen LogP contribution in [0.2, 0.25) is 0 Å². The van der Waals surface area contributed by atoms with Crippen molar-refractivity contribution in [2.24, 2.45) is 0 Å². The molecular formula is C21H24N2O6S. The number of sulfonamides is 1. The lowest BCUT2D eigenvalue weighted by atomic mass is 10.0. The molecule has 1 aliphatic rings. The number of nitro groups is 1. The van der Waals surface area contributed by atoms with Gasteiger partial charge in [0.15, 0.2) is 5.78 Å². The zero-order valence-electron chi connectivity index (χ0n) is 17.3. The number of nitrogens with one attached hydrogen (secondary N) is 1. The van der Waals surface area contributed by atoms with Crippen LogP contribution in [-0.4, -0.2) is 29.5 Å². The Morgan fingerprint density at radius 2 is 1.67 bits per heavy atom. The van der Waals surface area contributed by atoms with E-state index in [0.29, 0.717) is 24.2 Å². The van der Waals surface area contributed by atoms with Crippen molar-refractivity contribution in [3.63, 3.8) is 0 Å². The van der Waals surface area contributed by atoms with Crippen molar-refractivity contribution in [1.29, 1.82) is 0 Å². The third kappa shape index (κ3) is 4.62. The van der Waals surface area contributed by atoms with Gasteiger partial charge in [0.25, 0.3) is 5.69 Å². The third-order valence-electron chi connectivity index (χ3n) is 4.84. The molecule has 9 heteroatoms. The highest BCUT2D eigenvalue weighted by Gasteiger charge is 2.50. The second-order valence-corrected chi connectivity index (χ2v) is 10.8. The molecule has 8 nitrogen and oxygen atoms in total. The Hall–Kier alpha value is -2.94. The summed E-state index contributed by atoms with van der Waals surface area (Å²) in [5, 5.41) is 11.3. The van der Waals surface area contributed by atoms with Crippen molar-refractivity contribution in [3.8, 4) is 5.75 Å². The quantitative estimate of drug-likeness (QED) is 0.396. The zero-order chi connectivity index (χ0) is 22.3. The number of anilines is 1. The van der Waals surface area contributed by atoms with E-state index in [1.54, 1.807) is 31.2 Å². The average Bonchev–Trinajstić information content (AvgIpc) is 3.39. The molecule has 0 aromatic heterocycles. The summed E-state index contributed by atoms with van der Waals surface area (Å²) in [6.07, 6.45) is 0.968. The first-order valence-corrected chi connectivity index (χ1v) is 10.9. The Bertz CT molecular complexity index is 1100. The van der Waals surface area contributed by atoms with E-state index in [4.69, 9.17) is 4.74 Å². The SMILES string of the molecule is CC(C)(C)Oc1ccc(C(=O)c2ccc([N+](=O)[O-])c(NS(=O)(=O)C3(C)CC3)c2)cc1. The molecular weight excluding hydrogens is 408 g/mol. The van der Waals surface area contributed by atoms with Crippen LogP contribution in [0, 0.1) is 10.1 Å². The minimum Gasteiger partial charge on any atom is -0.488 e. The summed E-state index contributed by atoms with van der Waals surface area (Å²) in [5.41, 5.74) is -0.509. The van der Waals surface area contributed by atoms with Gasteiger partial charge in [0.05, 0.1) is 9.67 Å². The van der Waals surface area contributed by atoms with Crippen molar-refractivity contribution >= 4 is 27.2 Å². The highest BCUT2D eigenvalue weighted by Crippen LogP contribution is 2.44. The maximum atomic E-state index is 12.9. The van der Waals surface area contributed by atoms with Crippen molar-refractivity contribution in [2.45, 2.75) is 50.9 Å². The number of carbonyl (C=O) groups is 1. The highest BCUT2D eigenvalue weighted by molar-refractivity contribution is 7.94. The number of rotatable bonds is 7. The topological polar surface area (TPSA) is 116 Å². The Balaban J connectivity index is 1.90. The van der Waals surface area contributed by atoms with Crippen molar-refractivity contribution in [1.82, 2.24) is 0 Å². The average molecular weight is 432 g/mol. The van der Waals surface area contributed by atoms with E-state index < -0.39 is 25.4 Å². The number of nitro benzene ring substituents is 1. The van der Waals surface area contributed by atoms with Crippen molar-refractivity contribution in [3.05, 3.63) is 63.7 Å². The molecule has 2 aromatic rings. The molecule has 1 aliphatic carbocycles. The summed E-state index contributed by atoms with van der Waals surface area (Å²) < 4.78 is 32.2. The van der Waals surface area contributed by atoms with Crippen LogP contribution in [0.3, 0.4) is 0 Å². The maximum Gasteiger partial charge on any atom is 0.293 e. The minimum absolute atomic E-state index is 0.142. The molecule has 30 heavy (non-hydrogen) atoms. The summed E-state index contributed by atoms with van der Waals surface area (Å²) in [4.78, 5) is 23.5. The van der Waals surface area contributed by atoms with E-state index in [0.717, 1.165) is 6.07 Å². The summed E-state index contributed by atoms with van der Waals surface area (Å²) >= 11 is 0. The second kappa shape index (κ2) is 7.39. The maximum absolute atomic E-state index is 12.9. The Labute approximate surface area is 175 Å². The first kappa shape index (κ1) is 21.8. The van der Waals surface area contributed by atoms with Gasteiger partial charge < -0.3 is 4.74 Å². The first-order chi connectivity index (χ1) is 13.8. The van der Waals surface area contributed by atoms with Crippen LogP contribution < -0.4 is 9.46 Å². The molecule has 1 N–H and O–H groups in total. The largest absolute Gasteiger partial charge is 0.488 e. The van der Waals surface area contributed by atoms with Crippen LogP contribution in [0.15, 0.2) is 42.5 Å². The van der Waals surface area contributed by atoms with Gasteiger partial charge in [0.2, 0.25) is 10.0 Å². The summed E-state index contributed by atoms with van der Waals surface area (Å²) in [6.45, 7) is 7.31. The van der Waals surface area contributed by atoms with Gasteiger partial charge in [-0.15, -0.1) is 0 Å². The fourth-order valence-electron chi connectivity index (χ4n) is 2.83. The number of nitrogens with zero attached hydrogens (tertiary/aromatic N) is 1. The molecule has 0 aliphatic heterocycles. The lowest BCUT2D eigenvalue weighted by molar-refractivity contribution is -0.383. The molecule has 0 amide bonds. The molecule has 0 atom stereocenters. The fourth-order valence-corrected chi connectivity index (χ4v) is 4.16. The number of ketones is 1. The molecule has 1 fully saturated rings. The molecule has 0 spiro atoms. The highest BCUT2D eigenvalue weighted by atomic mass is 32.2. The Morgan fingerprint density at radius 3 is 2.17 bits per heavy atom. The van der Waals surface area contributed by atoms with E-state index in [-0.39, 0.29) is 22.6 Å². The van der Waals surface area contributed by atoms with Crippen molar-refractivity contribution in [2.75, 3.05) is 4.72 Å². The number of benzene rings is 2. The monoisotopic (exact) mass is 432 g/mol. The van der Waals surface area contributed by atoms with Gasteiger partial charge in [-0.1, -0.05) is 0 Å². The predicted octanol–water partition coefficient (Wildman–Crippen LogP) is 4.30. The number of hydrogen-bond acceptors (Lipinski definition) is 6. The standard InChI is InChI=1S/C21H24N2O6S/c1-20(2,3)29-16-8-5-14(6-9-16)19(24)15-7-10-18(23(25)26)17(13-15)22-30(27,28)21(4)11-12-21/h5-10,13,22H,11-12H2,1-4H3. The van der Waals surface area contributed by atoms with Crippen LogP contribution in [0.1, 0.15) is 56.5 Å². The van der Waals surface area contributed by atoms with Crippen LogP contribution in [0.25, 0.3) is 0 Å². The Kier molecular flexibility index (Phi) is 5.36. The zero-order valence-corrected chi connectivity index (χ0v) is 18.1. The van der Waals surface area contributed by atoms with Gasteiger partial charge >= 0.3 is 0 Å². The lowest BCUT2D eigenvalue weighted by Crippen LogP contribution is -2.27. The van der Waals surface area contributed by atoms with E-state index in [1.807, 2.05) is 20.8 Å². The van der Waals surface area contributed by atoms with E-state index >= 15 is 0 Å². The molecule has 0 bridgehead atoms. The van der Waals surface area contributed by atoms with Gasteiger partial charge in [-0.05, 0) is 76.9 Å². The molecule has 160 valence electrons. The summed E-state index contributed by atoms with van der Waals surface area (Å²) in [7, 11) is -3.81. The van der Waals surface area contributed by atoms with Crippen LogP contribution >= 0.6 is 0 Å². The van der Waals surface area contributed by atoms with Gasteiger partial charge in [-0.25, -0.2) is 8.42 Å². The Morgan fingerprint density at radius 1 is 1.10 bits per heavy atom. The molecule has 3 rings (SSSR count). The fraction of sp³-hybridized carbons (Fsp3) is 0.381. The smallest absolute Gasteiger partial charge is 0.293 e. The molecule has 0 radical (unpaired) electrons. The van der Waals surface area contributed by atoms with Gasteiger partial charge in [-0.2, -0.15) is 0 Å². The molecule has 0 saturated heterocycles. The molecule has 2 aromatic carbocycles. The normalized spacial score (nSPS) is 15.3. The minimum atomic E-state index is -3.81. The summed E-state index contributed by atoms with van der Waals surface area (Å²) in [6, 6.07) is 10.2. The summed E-state index contributed by atoms with van der Waals surface area (Å²) in [5.74, 6) is 0.221. The van der Waals surface area contributed by atoms with Gasteiger partial charge in [0.1, 0.15) is 17.0 Å². The van der Waals surface area contributed by atoms with Crippen LogP contribution in [-0.2, 0) is 10.0 Å². The second-order valence-electron chi connectivity index (χ2n) is 8.61. The molecule has 1 saturated carbocycles. The van der Waals surface area contributed by atoms with Gasteiger partial charge in [0, 0.05) is 17.2 Å². The number of ether oxygens (including phenoxy) is 1. The van der Waals surface area contributed by atoms with Crippen LogP contribution in [0.5, 0.6) is 5.75 Å². The third-order valence-corrected chi connectivity index (χ3v) is 7.04. The number of hydrogen-bond donors (Lipinski definition) is 1. The van der Waals surface area contributed by atoms with Gasteiger partial charge in [-0.3, -0.25) is 19.6 Å². The van der Waals surface area contributed by atoms with E-state index in [2.05, 4.69) is 4.72 Å². The van der Waals surface area contributed by atoms with E-state index in [1.165, 1.54) is 12.1 Å². The van der Waals surface area contributed by atoms with E-state index in [9.17, 15) is 23.3 Å². The predicted molar refractivity (Wildman–Crippen MR) is 114 cm³/mol. The van der Waals surface area contributed by atoms with Crippen LogP contribution in [0.4, 0.5) is 11.4 Å². The lowest BCUT2D eigenvalue weighted by Gasteiger charge is -2.21. The molecule has 0 unspecified atom stereocenters. The van der Waals surface area contributed by atoms with Crippen molar-refractivity contribution < 1.29 is 22.9 Å². The molecule has 0 heterocycles.